The summed E-state index contributed by atoms with van der Waals surface area (Å²) in [4.78, 5) is 11.5. The molecule has 0 radical (unpaired) electrons. The number of carboxylic acid groups (broad SMARTS) is 1. The highest BCUT2D eigenvalue weighted by atomic mass is 32.1. The SMILES string of the molecule is O=C(O)c1ccc(-n2cc(CNC[C@@H]3COCCO3)c3ccccc32)s1. The van der Waals surface area contributed by atoms with Crippen molar-refractivity contribution >= 4 is 28.2 Å². The monoisotopic (exact) mass is 372 g/mol. The average molecular weight is 372 g/mol. The lowest BCUT2D eigenvalue weighted by atomic mass is 10.2. The molecule has 0 bridgehead atoms. The smallest absolute Gasteiger partial charge is 0.345 e. The van der Waals surface area contributed by atoms with Crippen LogP contribution < -0.4 is 5.32 Å². The molecule has 0 aliphatic carbocycles. The number of aromatic carboxylic acids is 1. The van der Waals surface area contributed by atoms with E-state index in [1.54, 1.807) is 6.07 Å². The molecule has 2 aromatic heterocycles. The molecule has 3 aromatic rings. The largest absolute Gasteiger partial charge is 0.477 e. The Morgan fingerprint density at radius 3 is 2.92 bits per heavy atom. The number of nitrogens with one attached hydrogen (secondary N) is 1. The van der Waals surface area contributed by atoms with Gasteiger partial charge >= 0.3 is 5.97 Å². The third kappa shape index (κ3) is 3.52. The number of hydrogen-bond acceptors (Lipinski definition) is 5. The number of nitrogens with zero attached hydrogens (tertiary/aromatic N) is 1. The van der Waals surface area contributed by atoms with Gasteiger partial charge in [0.1, 0.15) is 9.88 Å². The van der Waals surface area contributed by atoms with E-state index in [-0.39, 0.29) is 6.10 Å². The molecular weight excluding hydrogens is 352 g/mol. The second-order valence-corrected chi connectivity index (χ2v) is 7.25. The lowest BCUT2D eigenvalue weighted by Gasteiger charge is -2.23. The maximum atomic E-state index is 11.2. The minimum absolute atomic E-state index is 0.0903. The Morgan fingerprint density at radius 1 is 1.27 bits per heavy atom. The van der Waals surface area contributed by atoms with Crippen molar-refractivity contribution in [2.75, 3.05) is 26.4 Å². The van der Waals surface area contributed by atoms with Crippen molar-refractivity contribution in [2.24, 2.45) is 0 Å². The van der Waals surface area contributed by atoms with Crippen molar-refractivity contribution < 1.29 is 19.4 Å². The van der Waals surface area contributed by atoms with E-state index in [1.165, 1.54) is 16.9 Å². The highest BCUT2D eigenvalue weighted by Gasteiger charge is 2.16. The first-order valence-corrected chi connectivity index (χ1v) is 9.36. The predicted octanol–water partition coefficient (Wildman–Crippen LogP) is 2.90. The molecule has 0 saturated carbocycles. The first-order chi connectivity index (χ1) is 12.7. The molecular formula is C19H20N2O4S. The molecule has 4 rings (SSSR count). The second-order valence-electron chi connectivity index (χ2n) is 6.18. The summed E-state index contributed by atoms with van der Waals surface area (Å²) in [7, 11) is 0. The standard InChI is InChI=1S/C19H20N2O4S/c22-19(23)17-5-6-18(26-17)21-11-13(15-3-1-2-4-16(15)21)9-20-10-14-12-24-7-8-25-14/h1-6,11,14,20H,7-10,12H2,(H,22,23)/t14-/m1/s1. The summed E-state index contributed by atoms with van der Waals surface area (Å²) in [6.07, 6.45) is 2.17. The number of benzene rings is 1. The average Bonchev–Trinajstić information content (AvgIpc) is 3.28. The third-order valence-electron chi connectivity index (χ3n) is 4.41. The van der Waals surface area contributed by atoms with Crippen LogP contribution in [0.3, 0.4) is 0 Å². The van der Waals surface area contributed by atoms with E-state index in [9.17, 15) is 9.90 Å². The second kappa shape index (κ2) is 7.59. The van der Waals surface area contributed by atoms with Gasteiger partial charge in [0, 0.05) is 24.7 Å². The fourth-order valence-corrected chi connectivity index (χ4v) is 4.00. The Kier molecular flexibility index (Phi) is 5.03. The van der Waals surface area contributed by atoms with Crippen LogP contribution in [0.4, 0.5) is 0 Å². The fourth-order valence-electron chi connectivity index (χ4n) is 3.17. The van der Waals surface area contributed by atoms with Gasteiger partial charge in [-0.2, -0.15) is 0 Å². The first-order valence-electron chi connectivity index (χ1n) is 8.55. The van der Waals surface area contributed by atoms with Crippen LogP contribution >= 0.6 is 11.3 Å². The Morgan fingerprint density at radius 2 is 2.15 bits per heavy atom. The van der Waals surface area contributed by atoms with Gasteiger partial charge in [0.25, 0.3) is 0 Å². The molecule has 1 fully saturated rings. The van der Waals surface area contributed by atoms with E-state index in [4.69, 9.17) is 9.47 Å². The van der Waals surface area contributed by atoms with E-state index in [0.29, 0.717) is 31.2 Å². The van der Waals surface area contributed by atoms with E-state index in [1.807, 2.05) is 18.2 Å². The molecule has 136 valence electrons. The molecule has 0 amide bonds. The normalized spacial score (nSPS) is 17.6. The topological polar surface area (TPSA) is 72.7 Å². The number of thiophene rings is 1. The minimum Gasteiger partial charge on any atom is -0.477 e. The molecule has 0 unspecified atom stereocenters. The molecule has 1 aliphatic rings. The van der Waals surface area contributed by atoms with E-state index in [0.717, 1.165) is 22.4 Å². The van der Waals surface area contributed by atoms with Crippen LogP contribution in [0.2, 0.25) is 0 Å². The van der Waals surface area contributed by atoms with Gasteiger partial charge in [-0.1, -0.05) is 18.2 Å². The van der Waals surface area contributed by atoms with E-state index >= 15 is 0 Å². The van der Waals surface area contributed by atoms with Crippen LogP contribution in [-0.4, -0.2) is 48.1 Å². The third-order valence-corrected chi connectivity index (χ3v) is 5.48. The van der Waals surface area contributed by atoms with Crippen molar-refractivity contribution in [1.29, 1.82) is 0 Å². The van der Waals surface area contributed by atoms with Crippen LogP contribution in [0.15, 0.2) is 42.6 Å². The molecule has 7 heteroatoms. The molecule has 3 heterocycles. The lowest BCUT2D eigenvalue weighted by molar-refractivity contribution is -0.0864. The summed E-state index contributed by atoms with van der Waals surface area (Å²) in [5.74, 6) is -0.894. The lowest BCUT2D eigenvalue weighted by Crippen LogP contribution is -2.37. The number of rotatable bonds is 6. The summed E-state index contributed by atoms with van der Waals surface area (Å²) in [6, 6.07) is 11.7. The van der Waals surface area contributed by atoms with Crippen molar-refractivity contribution in [3.05, 3.63) is 53.0 Å². The van der Waals surface area contributed by atoms with Crippen LogP contribution in [0, 0.1) is 0 Å². The van der Waals surface area contributed by atoms with Gasteiger partial charge in [-0.3, -0.25) is 0 Å². The van der Waals surface area contributed by atoms with Gasteiger partial charge in [-0.25, -0.2) is 4.79 Å². The van der Waals surface area contributed by atoms with Gasteiger partial charge in [0.15, 0.2) is 0 Å². The maximum absolute atomic E-state index is 11.2. The zero-order chi connectivity index (χ0) is 17.9. The zero-order valence-corrected chi connectivity index (χ0v) is 15.0. The molecule has 26 heavy (non-hydrogen) atoms. The summed E-state index contributed by atoms with van der Waals surface area (Å²) in [5, 5.41) is 14.7. The number of hydrogen-bond donors (Lipinski definition) is 2. The molecule has 0 spiro atoms. The predicted molar refractivity (Wildman–Crippen MR) is 100 cm³/mol. The Balaban J connectivity index is 1.56. The summed E-state index contributed by atoms with van der Waals surface area (Å²) < 4.78 is 13.1. The summed E-state index contributed by atoms with van der Waals surface area (Å²) >= 11 is 1.28. The van der Waals surface area contributed by atoms with Crippen molar-refractivity contribution in [3.8, 4) is 5.00 Å². The van der Waals surface area contributed by atoms with Crippen molar-refractivity contribution in [1.82, 2.24) is 9.88 Å². The quantitative estimate of drug-likeness (QED) is 0.696. The van der Waals surface area contributed by atoms with Crippen molar-refractivity contribution in [2.45, 2.75) is 12.6 Å². The van der Waals surface area contributed by atoms with Crippen LogP contribution in [0.1, 0.15) is 15.2 Å². The molecule has 1 aromatic carbocycles. The zero-order valence-electron chi connectivity index (χ0n) is 14.2. The number of carboxylic acids is 1. The number of ether oxygens (including phenoxy) is 2. The highest BCUT2D eigenvalue weighted by molar-refractivity contribution is 7.16. The fraction of sp³-hybridized carbons (Fsp3) is 0.316. The number of aromatic nitrogens is 1. The molecule has 6 nitrogen and oxygen atoms in total. The number of carbonyl (C=O) groups is 1. The Hall–Kier alpha value is -2.19. The Bertz CT molecular complexity index is 911. The van der Waals surface area contributed by atoms with Crippen LogP contribution in [-0.2, 0) is 16.0 Å². The summed E-state index contributed by atoms with van der Waals surface area (Å²) in [6.45, 7) is 3.40. The van der Waals surface area contributed by atoms with Gasteiger partial charge in [-0.05, 0) is 23.8 Å². The highest BCUT2D eigenvalue weighted by Crippen LogP contribution is 2.29. The molecule has 1 saturated heterocycles. The Labute approximate surface area is 155 Å². The van der Waals surface area contributed by atoms with Gasteiger partial charge in [0.05, 0.1) is 31.4 Å². The van der Waals surface area contributed by atoms with E-state index < -0.39 is 5.97 Å². The van der Waals surface area contributed by atoms with Gasteiger partial charge in [-0.15, -0.1) is 11.3 Å². The molecule has 2 N–H and O–H groups in total. The molecule has 1 aliphatic heterocycles. The number of para-hydroxylation sites is 1. The van der Waals surface area contributed by atoms with Crippen LogP contribution in [0.5, 0.6) is 0 Å². The molecule has 1 atom stereocenters. The summed E-state index contributed by atoms with van der Waals surface area (Å²) in [5.41, 5.74) is 2.24. The maximum Gasteiger partial charge on any atom is 0.345 e. The van der Waals surface area contributed by atoms with Gasteiger partial charge < -0.3 is 24.5 Å². The van der Waals surface area contributed by atoms with Crippen LogP contribution in [0.25, 0.3) is 15.9 Å². The van der Waals surface area contributed by atoms with Gasteiger partial charge in [0.2, 0.25) is 0 Å². The minimum atomic E-state index is -0.894. The first kappa shape index (κ1) is 17.2. The number of fused-ring (bicyclic) bond motifs is 1. The van der Waals surface area contributed by atoms with Crippen molar-refractivity contribution in [3.63, 3.8) is 0 Å². The van der Waals surface area contributed by atoms with E-state index in [2.05, 4.69) is 28.2 Å².